The molecule has 2 aliphatic heterocycles. The molecule has 0 aliphatic carbocycles. The summed E-state index contributed by atoms with van der Waals surface area (Å²) in [6.07, 6.45) is 2.01. The van der Waals surface area contributed by atoms with Crippen LogP contribution < -0.4 is 20.3 Å². The SMILES string of the molecule is Cc1cc(S(=O)(=O)NC(=O)c2ccc(N3CCN(Cc4ccccc4-c4ccc(Cl)cc4)CC3)cc2NCc2ccccc2)ccc1NCC1CCOCC1. The van der Waals surface area contributed by atoms with E-state index in [0.717, 1.165) is 98.4 Å². The maximum absolute atomic E-state index is 13.8. The number of piperazine rings is 1. The molecule has 0 saturated carbocycles. The Morgan fingerprint density at radius 1 is 0.800 bits per heavy atom. The number of amides is 1. The van der Waals surface area contributed by atoms with Crippen molar-refractivity contribution in [3.05, 3.63) is 143 Å². The zero-order chi connectivity index (χ0) is 38.2. The van der Waals surface area contributed by atoms with Gasteiger partial charge in [-0.1, -0.05) is 78.3 Å². The largest absolute Gasteiger partial charge is 0.385 e. The van der Waals surface area contributed by atoms with Gasteiger partial charge in [0.15, 0.2) is 0 Å². The number of nitrogens with zero attached hydrogens (tertiary/aromatic N) is 2. The van der Waals surface area contributed by atoms with Gasteiger partial charge < -0.3 is 20.3 Å². The highest BCUT2D eigenvalue weighted by Crippen LogP contribution is 2.29. The predicted molar refractivity (Wildman–Crippen MR) is 222 cm³/mol. The fraction of sp³-hybridized carbons (Fsp3) is 0.295. The Morgan fingerprint density at radius 2 is 1.53 bits per heavy atom. The highest BCUT2D eigenvalue weighted by atomic mass is 35.5. The number of hydrogen-bond donors (Lipinski definition) is 3. The molecule has 5 aromatic rings. The first-order valence-corrected chi connectivity index (χ1v) is 20.8. The fourth-order valence-electron chi connectivity index (χ4n) is 7.28. The molecule has 55 heavy (non-hydrogen) atoms. The van der Waals surface area contributed by atoms with Gasteiger partial charge in [0.05, 0.1) is 10.5 Å². The topological polar surface area (TPSA) is 103 Å². The highest BCUT2D eigenvalue weighted by molar-refractivity contribution is 7.90. The quantitative estimate of drug-likeness (QED) is 0.110. The number of aryl methyl sites for hydroxylation is 1. The number of rotatable bonds is 13. The molecule has 0 bridgehead atoms. The lowest BCUT2D eigenvalue weighted by molar-refractivity contribution is 0.0699. The van der Waals surface area contributed by atoms with E-state index in [4.69, 9.17) is 16.3 Å². The van der Waals surface area contributed by atoms with Crippen molar-refractivity contribution in [2.45, 2.75) is 37.8 Å². The molecule has 2 fully saturated rings. The number of carbonyl (C=O) groups excluding carboxylic acids is 1. The van der Waals surface area contributed by atoms with Crippen molar-refractivity contribution in [1.82, 2.24) is 9.62 Å². The van der Waals surface area contributed by atoms with Crippen LogP contribution in [0.4, 0.5) is 17.1 Å². The summed E-state index contributed by atoms with van der Waals surface area (Å²) in [4.78, 5) is 18.6. The highest BCUT2D eigenvalue weighted by Gasteiger charge is 2.24. The zero-order valence-corrected chi connectivity index (χ0v) is 32.7. The van der Waals surface area contributed by atoms with E-state index in [-0.39, 0.29) is 10.5 Å². The van der Waals surface area contributed by atoms with Crippen molar-refractivity contribution < 1.29 is 17.9 Å². The zero-order valence-electron chi connectivity index (χ0n) is 31.1. The Balaban J connectivity index is 1.03. The minimum atomic E-state index is -4.15. The van der Waals surface area contributed by atoms with Crippen LogP contribution in [-0.2, 0) is 27.8 Å². The van der Waals surface area contributed by atoms with E-state index in [0.29, 0.717) is 18.2 Å². The Kier molecular flexibility index (Phi) is 12.4. The molecule has 11 heteroatoms. The molecule has 2 heterocycles. The predicted octanol–water partition coefficient (Wildman–Crippen LogP) is 8.21. The van der Waals surface area contributed by atoms with Crippen LogP contribution in [0.5, 0.6) is 0 Å². The molecule has 2 aliphatic rings. The van der Waals surface area contributed by atoms with E-state index < -0.39 is 15.9 Å². The van der Waals surface area contributed by atoms with E-state index in [2.05, 4.69) is 61.6 Å². The summed E-state index contributed by atoms with van der Waals surface area (Å²) in [5.41, 5.74) is 8.13. The number of nitrogens with one attached hydrogen (secondary N) is 3. The molecule has 286 valence electrons. The second kappa shape index (κ2) is 17.7. The van der Waals surface area contributed by atoms with E-state index in [9.17, 15) is 13.2 Å². The second-order valence-electron chi connectivity index (χ2n) is 14.3. The van der Waals surface area contributed by atoms with Crippen LogP contribution in [0.3, 0.4) is 0 Å². The maximum atomic E-state index is 13.8. The van der Waals surface area contributed by atoms with Gasteiger partial charge in [-0.3, -0.25) is 9.69 Å². The first-order chi connectivity index (χ1) is 26.7. The lowest BCUT2D eigenvalue weighted by atomic mass is 9.99. The summed E-state index contributed by atoms with van der Waals surface area (Å²) >= 11 is 6.16. The molecule has 0 spiro atoms. The van der Waals surface area contributed by atoms with Crippen molar-refractivity contribution in [2.75, 3.05) is 61.5 Å². The van der Waals surface area contributed by atoms with Crippen LogP contribution in [0, 0.1) is 12.8 Å². The first-order valence-electron chi connectivity index (χ1n) is 18.9. The lowest BCUT2D eigenvalue weighted by Gasteiger charge is -2.36. The van der Waals surface area contributed by atoms with E-state index in [1.54, 1.807) is 24.3 Å². The first kappa shape index (κ1) is 38.4. The van der Waals surface area contributed by atoms with Gasteiger partial charge in [-0.15, -0.1) is 0 Å². The molecule has 1 amide bonds. The van der Waals surface area contributed by atoms with Gasteiger partial charge >= 0.3 is 0 Å². The minimum absolute atomic E-state index is 0.0408. The van der Waals surface area contributed by atoms with E-state index in [1.807, 2.05) is 61.5 Å². The summed E-state index contributed by atoms with van der Waals surface area (Å²) in [7, 11) is -4.15. The van der Waals surface area contributed by atoms with Gasteiger partial charge in [0.25, 0.3) is 15.9 Å². The average Bonchev–Trinajstić information content (AvgIpc) is 3.21. The van der Waals surface area contributed by atoms with Gasteiger partial charge in [0, 0.05) is 81.1 Å². The average molecular weight is 778 g/mol. The summed E-state index contributed by atoms with van der Waals surface area (Å²) in [5, 5.41) is 7.61. The molecule has 0 aromatic heterocycles. The Morgan fingerprint density at radius 3 is 2.27 bits per heavy atom. The van der Waals surface area contributed by atoms with Crippen molar-refractivity contribution in [1.29, 1.82) is 0 Å². The van der Waals surface area contributed by atoms with Gasteiger partial charge in [0.1, 0.15) is 0 Å². The van der Waals surface area contributed by atoms with Crippen molar-refractivity contribution in [2.24, 2.45) is 5.92 Å². The minimum Gasteiger partial charge on any atom is -0.385 e. The molecular formula is C44H48ClN5O4S. The molecule has 0 unspecified atom stereocenters. The van der Waals surface area contributed by atoms with Gasteiger partial charge in [-0.25, -0.2) is 13.1 Å². The van der Waals surface area contributed by atoms with Crippen LogP contribution in [0.15, 0.2) is 120 Å². The normalized spacial score (nSPS) is 15.4. The van der Waals surface area contributed by atoms with Crippen molar-refractivity contribution in [3.8, 4) is 11.1 Å². The standard InChI is InChI=1S/C44H48ClN5O4S/c1-32-27-39(16-18-42(32)46-30-34-19-25-54-26-20-34)55(52,53)48-44(51)41-17-15-38(28-43(41)47-29-33-7-3-2-4-8-33)50-23-21-49(22-24-50)31-36-9-5-6-10-40(36)35-11-13-37(45)14-12-35/h2-18,27-28,34,46-47H,19-26,29-31H2,1H3,(H,48,51). The molecule has 7 rings (SSSR count). The number of ether oxygens (including phenoxy) is 1. The summed E-state index contributed by atoms with van der Waals surface area (Å²) < 4.78 is 34.9. The van der Waals surface area contributed by atoms with E-state index in [1.165, 1.54) is 11.1 Å². The smallest absolute Gasteiger partial charge is 0.267 e. The number of anilines is 3. The Bertz CT molecular complexity index is 2190. The summed E-state index contributed by atoms with van der Waals surface area (Å²) in [6, 6.07) is 36.9. The number of benzene rings is 5. The Hall–Kier alpha value is -4.87. The number of sulfonamides is 1. The molecule has 0 radical (unpaired) electrons. The monoisotopic (exact) mass is 777 g/mol. The third-order valence-electron chi connectivity index (χ3n) is 10.5. The van der Waals surface area contributed by atoms with E-state index >= 15 is 0 Å². The van der Waals surface area contributed by atoms with Crippen LogP contribution in [-0.4, -0.2) is 65.2 Å². The van der Waals surface area contributed by atoms with Crippen LogP contribution in [0.25, 0.3) is 11.1 Å². The fourth-order valence-corrected chi connectivity index (χ4v) is 8.46. The number of carbonyl (C=O) groups is 1. The molecule has 9 nitrogen and oxygen atoms in total. The molecule has 2 saturated heterocycles. The van der Waals surface area contributed by atoms with Gasteiger partial charge in [-0.2, -0.15) is 0 Å². The lowest BCUT2D eigenvalue weighted by Crippen LogP contribution is -2.46. The molecule has 0 atom stereocenters. The summed E-state index contributed by atoms with van der Waals surface area (Å²) in [5.74, 6) is -0.170. The second-order valence-corrected chi connectivity index (χ2v) is 16.5. The maximum Gasteiger partial charge on any atom is 0.267 e. The van der Waals surface area contributed by atoms with Crippen molar-refractivity contribution >= 4 is 44.6 Å². The molecule has 3 N–H and O–H groups in total. The third kappa shape index (κ3) is 9.87. The summed E-state index contributed by atoms with van der Waals surface area (Å²) in [6.45, 7) is 8.87. The van der Waals surface area contributed by atoms with Crippen molar-refractivity contribution in [3.63, 3.8) is 0 Å². The van der Waals surface area contributed by atoms with Crippen LogP contribution >= 0.6 is 11.6 Å². The number of hydrogen-bond acceptors (Lipinski definition) is 8. The molecular weight excluding hydrogens is 730 g/mol. The van der Waals surface area contributed by atoms with Gasteiger partial charge in [-0.05, 0) is 102 Å². The molecule has 5 aromatic carbocycles. The number of halogens is 1. The van der Waals surface area contributed by atoms with Crippen LogP contribution in [0.2, 0.25) is 5.02 Å². The third-order valence-corrected chi connectivity index (χ3v) is 12.1. The Labute approximate surface area is 329 Å². The van der Waals surface area contributed by atoms with Gasteiger partial charge in [0.2, 0.25) is 0 Å². The van der Waals surface area contributed by atoms with Crippen LogP contribution in [0.1, 0.15) is 39.9 Å².